The molecule has 0 radical (unpaired) electrons. The van der Waals surface area contributed by atoms with Crippen LogP contribution in [0.15, 0.2) is 15.3 Å². The summed E-state index contributed by atoms with van der Waals surface area (Å²) in [6, 6.07) is 0. The van der Waals surface area contributed by atoms with Gasteiger partial charge in [-0.3, -0.25) is 0 Å². The Labute approximate surface area is 75.7 Å². The molecule has 0 spiro atoms. The third kappa shape index (κ3) is 3.20. The fourth-order valence-corrected chi connectivity index (χ4v) is 0.887. The summed E-state index contributed by atoms with van der Waals surface area (Å²) in [6.45, 7) is 6.24. The van der Waals surface area contributed by atoms with Gasteiger partial charge in [-0.15, -0.1) is 0 Å². The molecular formula is C7H13IN2. The van der Waals surface area contributed by atoms with Crippen molar-refractivity contribution < 1.29 is 0 Å². The maximum Gasteiger partial charge on any atom is 0.0658 e. The molecule has 0 aliphatic heterocycles. The first-order valence-electron chi connectivity index (χ1n) is 3.07. The summed E-state index contributed by atoms with van der Waals surface area (Å²) >= 11 is 2.15. The minimum atomic E-state index is 0.0520. The van der Waals surface area contributed by atoms with Crippen LogP contribution in [0.3, 0.4) is 0 Å². The van der Waals surface area contributed by atoms with Crippen molar-refractivity contribution >= 4 is 28.3 Å². The van der Waals surface area contributed by atoms with Gasteiger partial charge < -0.3 is 5.84 Å². The van der Waals surface area contributed by atoms with E-state index in [4.69, 9.17) is 5.84 Å². The maximum atomic E-state index is 5.18. The molecule has 2 nitrogen and oxygen atoms in total. The summed E-state index contributed by atoms with van der Waals surface area (Å²) in [5, 5.41) is 3.67. The van der Waals surface area contributed by atoms with Crippen molar-refractivity contribution in [3.63, 3.8) is 0 Å². The smallest absolute Gasteiger partial charge is 0.0658 e. The molecule has 0 amide bonds. The molecule has 0 aliphatic rings. The van der Waals surface area contributed by atoms with E-state index in [1.807, 2.05) is 10.2 Å². The molecule has 0 unspecified atom stereocenters. The van der Waals surface area contributed by atoms with E-state index in [2.05, 4.69) is 48.5 Å². The third-order valence-electron chi connectivity index (χ3n) is 1.13. The fourth-order valence-electron chi connectivity index (χ4n) is 0.546. The number of nitrogens with zero attached hydrogens (tertiary/aromatic N) is 1. The molecule has 2 N–H and O–H groups in total. The molecule has 0 aromatic rings. The summed E-state index contributed by atoms with van der Waals surface area (Å²) in [4.78, 5) is 0. The van der Waals surface area contributed by atoms with Crippen LogP contribution < -0.4 is 5.84 Å². The van der Waals surface area contributed by atoms with Gasteiger partial charge in [0.1, 0.15) is 0 Å². The van der Waals surface area contributed by atoms with Crippen LogP contribution in [-0.4, -0.2) is 5.71 Å². The average molecular weight is 252 g/mol. The molecule has 0 rings (SSSR count). The van der Waals surface area contributed by atoms with Gasteiger partial charge in [0, 0.05) is 5.41 Å². The van der Waals surface area contributed by atoms with Crippen molar-refractivity contribution in [3.05, 3.63) is 10.2 Å². The minimum absolute atomic E-state index is 0.0520. The lowest BCUT2D eigenvalue weighted by Gasteiger charge is -2.16. The minimum Gasteiger partial charge on any atom is -0.323 e. The average Bonchev–Trinajstić information content (AvgIpc) is 1.80. The monoisotopic (exact) mass is 252 g/mol. The SMILES string of the molecule is CC(C)(C)C(/C=C\I)=N/N. The summed E-state index contributed by atoms with van der Waals surface area (Å²) in [5.74, 6) is 5.18. The summed E-state index contributed by atoms with van der Waals surface area (Å²) in [6.07, 6.45) is 1.92. The van der Waals surface area contributed by atoms with Crippen LogP contribution in [0, 0.1) is 5.41 Å². The van der Waals surface area contributed by atoms with Crippen molar-refractivity contribution in [2.24, 2.45) is 16.4 Å². The Morgan fingerprint density at radius 1 is 1.50 bits per heavy atom. The molecule has 0 saturated carbocycles. The van der Waals surface area contributed by atoms with Crippen molar-refractivity contribution in [2.75, 3.05) is 0 Å². The molecule has 0 fully saturated rings. The van der Waals surface area contributed by atoms with Gasteiger partial charge in [0.05, 0.1) is 5.71 Å². The number of rotatable bonds is 1. The Bertz CT molecular complexity index is 153. The van der Waals surface area contributed by atoms with E-state index in [-0.39, 0.29) is 5.41 Å². The van der Waals surface area contributed by atoms with E-state index < -0.39 is 0 Å². The van der Waals surface area contributed by atoms with E-state index in [1.54, 1.807) is 0 Å². The number of halogens is 1. The zero-order chi connectivity index (χ0) is 8.20. The predicted octanol–water partition coefficient (Wildman–Crippen LogP) is 2.30. The van der Waals surface area contributed by atoms with Gasteiger partial charge in [0.15, 0.2) is 0 Å². The Hall–Kier alpha value is -0.0600. The molecule has 0 saturated heterocycles. The summed E-state index contributed by atoms with van der Waals surface area (Å²) < 4.78 is 1.91. The van der Waals surface area contributed by atoms with E-state index in [0.29, 0.717) is 0 Å². The van der Waals surface area contributed by atoms with E-state index in [9.17, 15) is 0 Å². The van der Waals surface area contributed by atoms with Gasteiger partial charge in [-0.25, -0.2) is 0 Å². The lowest BCUT2D eigenvalue weighted by atomic mass is 9.90. The number of hydrogen-bond donors (Lipinski definition) is 1. The van der Waals surface area contributed by atoms with Gasteiger partial charge in [0.25, 0.3) is 0 Å². The molecule has 0 aromatic carbocycles. The Morgan fingerprint density at radius 3 is 2.10 bits per heavy atom. The topological polar surface area (TPSA) is 38.4 Å². The summed E-state index contributed by atoms with van der Waals surface area (Å²) in [7, 11) is 0. The summed E-state index contributed by atoms with van der Waals surface area (Å²) in [5.41, 5.74) is 0.970. The molecule has 0 heterocycles. The van der Waals surface area contributed by atoms with Crippen LogP contribution in [-0.2, 0) is 0 Å². The van der Waals surface area contributed by atoms with Crippen LogP contribution in [0.5, 0.6) is 0 Å². The number of allylic oxidation sites excluding steroid dienone is 1. The largest absolute Gasteiger partial charge is 0.323 e. The quantitative estimate of drug-likeness (QED) is 0.330. The first kappa shape index (κ1) is 9.94. The number of hydrogen-bond acceptors (Lipinski definition) is 2. The second-order valence-corrected chi connectivity index (χ2v) is 3.78. The van der Waals surface area contributed by atoms with Gasteiger partial charge in [-0.2, -0.15) is 5.10 Å². The van der Waals surface area contributed by atoms with Crippen LogP contribution in [0.4, 0.5) is 0 Å². The van der Waals surface area contributed by atoms with Gasteiger partial charge >= 0.3 is 0 Å². The number of nitrogens with two attached hydrogens (primary N) is 1. The molecule has 0 aliphatic carbocycles. The van der Waals surface area contributed by atoms with Crippen LogP contribution in [0.1, 0.15) is 20.8 Å². The van der Waals surface area contributed by atoms with E-state index >= 15 is 0 Å². The predicted molar refractivity (Wildman–Crippen MR) is 54.2 cm³/mol. The highest BCUT2D eigenvalue weighted by molar-refractivity contribution is 14.1. The molecule has 10 heavy (non-hydrogen) atoms. The highest BCUT2D eigenvalue weighted by Crippen LogP contribution is 2.16. The first-order valence-corrected chi connectivity index (χ1v) is 4.32. The van der Waals surface area contributed by atoms with Crippen molar-refractivity contribution in [1.82, 2.24) is 0 Å². The lowest BCUT2D eigenvalue weighted by Crippen LogP contribution is -2.19. The Balaban J connectivity index is 4.39. The molecule has 3 heteroatoms. The van der Waals surface area contributed by atoms with Crippen molar-refractivity contribution in [1.29, 1.82) is 0 Å². The molecule has 0 aromatic heterocycles. The van der Waals surface area contributed by atoms with Gasteiger partial charge in [-0.1, -0.05) is 43.4 Å². The van der Waals surface area contributed by atoms with Gasteiger partial charge in [-0.05, 0) is 10.2 Å². The highest BCUT2D eigenvalue weighted by Gasteiger charge is 2.15. The highest BCUT2D eigenvalue weighted by atomic mass is 127. The van der Waals surface area contributed by atoms with Crippen LogP contribution >= 0.6 is 22.6 Å². The number of hydrazone groups is 1. The molecule has 58 valence electrons. The Kier molecular flexibility index (Phi) is 3.93. The Morgan fingerprint density at radius 2 is 2.00 bits per heavy atom. The van der Waals surface area contributed by atoms with E-state index in [1.165, 1.54) is 0 Å². The van der Waals surface area contributed by atoms with Gasteiger partial charge in [0.2, 0.25) is 0 Å². The molecule has 0 atom stereocenters. The van der Waals surface area contributed by atoms with E-state index in [0.717, 1.165) is 5.71 Å². The second kappa shape index (κ2) is 3.95. The van der Waals surface area contributed by atoms with Crippen molar-refractivity contribution in [2.45, 2.75) is 20.8 Å². The normalized spacial score (nSPS) is 14.6. The lowest BCUT2D eigenvalue weighted by molar-refractivity contribution is 0.592. The zero-order valence-corrected chi connectivity index (χ0v) is 8.71. The molecule has 0 bridgehead atoms. The first-order chi connectivity index (χ1) is 4.52. The fraction of sp³-hybridized carbons (Fsp3) is 0.571. The third-order valence-corrected chi connectivity index (χ3v) is 1.49. The molecular weight excluding hydrogens is 239 g/mol. The van der Waals surface area contributed by atoms with Crippen molar-refractivity contribution in [3.8, 4) is 0 Å². The zero-order valence-electron chi connectivity index (χ0n) is 6.56. The van der Waals surface area contributed by atoms with Crippen LogP contribution in [0.2, 0.25) is 0 Å². The maximum absolute atomic E-state index is 5.18. The second-order valence-electron chi connectivity index (χ2n) is 3.06. The standard InChI is InChI=1S/C7H13IN2/c1-7(2,3)6(10-9)4-5-8/h4-5H,9H2,1-3H3/b5-4-,10-6+. The van der Waals surface area contributed by atoms with Crippen LogP contribution in [0.25, 0.3) is 0 Å².